The van der Waals surface area contributed by atoms with E-state index in [4.69, 9.17) is 0 Å². The van der Waals surface area contributed by atoms with Gasteiger partial charge in [0.25, 0.3) is 0 Å². The molecule has 0 aromatic carbocycles. The van der Waals surface area contributed by atoms with Gasteiger partial charge in [-0.05, 0) is 50.3 Å². The summed E-state index contributed by atoms with van der Waals surface area (Å²) in [7, 11) is 0. The summed E-state index contributed by atoms with van der Waals surface area (Å²) < 4.78 is 0. The highest BCUT2D eigenvalue weighted by molar-refractivity contribution is 7.98. The second-order valence-corrected chi connectivity index (χ2v) is 7.74. The molecule has 0 atom stereocenters. The number of piperidine rings is 1. The fourth-order valence-corrected chi connectivity index (χ4v) is 3.81. The Morgan fingerprint density at radius 2 is 2.09 bits per heavy atom. The zero-order chi connectivity index (χ0) is 15.9. The number of hydrogen-bond donors (Lipinski definition) is 1. The van der Waals surface area contributed by atoms with Crippen molar-refractivity contribution in [2.45, 2.75) is 43.9 Å². The highest BCUT2D eigenvalue weighted by atomic mass is 32.2. The van der Waals surface area contributed by atoms with Crippen molar-refractivity contribution in [2.75, 3.05) is 25.4 Å². The van der Waals surface area contributed by atoms with Crippen molar-refractivity contribution in [1.29, 1.82) is 0 Å². The standard InChI is InChI=1S/C18H27N3OS/c22-18(8-12-23-14-17-3-1-2-9-19-17)21-10-6-16(7-11-21)20-13-15-4-5-15/h1-3,9,15-16,20H,4-8,10-14H2. The Labute approximate surface area is 143 Å². The van der Waals surface area contributed by atoms with Crippen LogP contribution in [0.2, 0.25) is 0 Å². The number of rotatable bonds is 8. The lowest BCUT2D eigenvalue weighted by molar-refractivity contribution is -0.131. The Hall–Kier alpha value is -1.07. The molecule has 1 N–H and O–H groups in total. The smallest absolute Gasteiger partial charge is 0.223 e. The van der Waals surface area contributed by atoms with Crippen LogP contribution >= 0.6 is 11.8 Å². The second kappa shape index (κ2) is 8.69. The number of thioether (sulfide) groups is 1. The summed E-state index contributed by atoms with van der Waals surface area (Å²) in [6.45, 7) is 3.03. The molecule has 0 bridgehead atoms. The molecular formula is C18H27N3OS. The second-order valence-electron chi connectivity index (χ2n) is 6.63. The van der Waals surface area contributed by atoms with Gasteiger partial charge in [-0.25, -0.2) is 0 Å². The zero-order valence-electron chi connectivity index (χ0n) is 13.7. The average Bonchev–Trinajstić information content (AvgIpc) is 3.42. The van der Waals surface area contributed by atoms with Crippen molar-refractivity contribution in [3.63, 3.8) is 0 Å². The molecule has 5 heteroatoms. The quantitative estimate of drug-likeness (QED) is 0.743. The Bertz CT molecular complexity index is 484. The number of amides is 1. The molecule has 2 fully saturated rings. The minimum absolute atomic E-state index is 0.319. The summed E-state index contributed by atoms with van der Waals surface area (Å²) in [6, 6.07) is 6.60. The van der Waals surface area contributed by atoms with E-state index >= 15 is 0 Å². The molecule has 1 aromatic heterocycles. The lowest BCUT2D eigenvalue weighted by atomic mass is 10.0. The molecular weight excluding hydrogens is 306 g/mol. The van der Waals surface area contributed by atoms with Crippen LogP contribution in [-0.4, -0.2) is 47.2 Å². The first kappa shape index (κ1) is 16.8. The Morgan fingerprint density at radius 3 is 2.78 bits per heavy atom. The van der Waals surface area contributed by atoms with Gasteiger partial charge in [-0.15, -0.1) is 0 Å². The summed E-state index contributed by atoms with van der Waals surface area (Å²) in [6.07, 6.45) is 7.50. The van der Waals surface area contributed by atoms with E-state index in [1.807, 2.05) is 24.4 Å². The van der Waals surface area contributed by atoms with Crippen LogP contribution in [0.4, 0.5) is 0 Å². The maximum atomic E-state index is 12.3. The number of carbonyl (C=O) groups excluding carboxylic acids is 1. The highest BCUT2D eigenvalue weighted by Crippen LogP contribution is 2.28. The van der Waals surface area contributed by atoms with Gasteiger partial charge >= 0.3 is 0 Å². The number of hydrogen-bond acceptors (Lipinski definition) is 4. The molecule has 1 aliphatic carbocycles. The Morgan fingerprint density at radius 1 is 1.26 bits per heavy atom. The fraction of sp³-hybridized carbons (Fsp3) is 0.667. The lowest BCUT2D eigenvalue weighted by Crippen LogP contribution is -2.45. The molecule has 4 nitrogen and oxygen atoms in total. The van der Waals surface area contributed by atoms with Crippen LogP contribution in [0.1, 0.15) is 37.8 Å². The molecule has 2 heterocycles. The summed E-state index contributed by atoms with van der Waals surface area (Å²) in [4.78, 5) is 18.6. The maximum absolute atomic E-state index is 12.3. The number of pyridine rings is 1. The van der Waals surface area contributed by atoms with Crippen LogP contribution < -0.4 is 5.32 Å². The van der Waals surface area contributed by atoms with E-state index in [0.717, 1.165) is 49.0 Å². The van der Waals surface area contributed by atoms with Crippen molar-refractivity contribution in [3.05, 3.63) is 30.1 Å². The topological polar surface area (TPSA) is 45.2 Å². The number of likely N-dealkylation sites (tertiary alicyclic amines) is 1. The molecule has 1 aliphatic heterocycles. The number of nitrogens with one attached hydrogen (secondary N) is 1. The third-order valence-electron chi connectivity index (χ3n) is 4.68. The van der Waals surface area contributed by atoms with Crippen LogP contribution in [0.3, 0.4) is 0 Å². The van der Waals surface area contributed by atoms with E-state index in [1.54, 1.807) is 11.8 Å². The van der Waals surface area contributed by atoms with Crippen molar-refractivity contribution in [1.82, 2.24) is 15.2 Å². The highest BCUT2D eigenvalue weighted by Gasteiger charge is 2.25. The lowest BCUT2D eigenvalue weighted by Gasteiger charge is -2.32. The minimum Gasteiger partial charge on any atom is -0.343 e. The van der Waals surface area contributed by atoms with Gasteiger partial charge in [0.05, 0.1) is 5.69 Å². The zero-order valence-corrected chi connectivity index (χ0v) is 14.6. The first-order valence-corrected chi connectivity index (χ1v) is 9.95. The third-order valence-corrected chi connectivity index (χ3v) is 5.67. The SMILES string of the molecule is O=C(CCSCc1ccccn1)N1CCC(NCC2CC2)CC1. The van der Waals surface area contributed by atoms with E-state index in [-0.39, 0.29) is 0 Å². The molecule has 23 heavy (non-hydrogen) atoms. The largest absolute Gasteiger partial charge is 0.343 e. The summed E-state index contributed by atoms with van der Waals surface area (Å²) in [5.74, 6) is 3.03. The molecule has 1 amide bonds. The Kier molecular flexibility index (Phi) is 6.34. The molecule has 1 saturated carbocycles. The molecule has 0 spiro atoms. The predicted octanol–water partition coefficient (Wildman–Crippen LogP) is 2.70. The molecule has 126 valence electrons. The van der Waals surface area contributed by atoms with Gasteiger partial charge in [0.1, 0.15) is 0 Å². The van der Waals surface area contributed by atoms with Crippen molar-refractivity contribution in [3.8, 4) is 0 Å². The van der Waals surface area contributed by atoms with Gasteiger partial charge < -0.3 is 10.2 Å². The van der Waals surface area contributed by atoms with Gasteiger partial charge in [0.15, 0.2) is 0 Å². The number of carbonyl (C=O) groups is 1. The maximum Gasteiger partial charge on any atom is 0.223 e. The monoisotopic (exact) mass is 333 g/mol. The predicted molar refractivity (Wildman–Crippen MR) is 95.3 cm³/mol. The third kappa shape index (κ3) is 5.81. The summed E-state index contributed by atoms with van der Waals surface area (Å²) >= 11 is 1.80. The van der Waals surface area contributed by atoms with Gasteiger partial charge in [0, 0.05) is 43.3 Å². The summed E-state index contributed by atoms with van der Waals surface area (Å²) in [5, 5.41) is 3.66. The molecule has 1 saturated heterocycles. The van der Waals surface area contributed by atoms with Gasteiger partial charge in [-0.1, -0.05) is 6.07 Å². The molecule has 0 radical (unpaired) electrons. The van der Waals surface area contributed by atoms with Crippen molar-refractivity contribution >= 4 is 17.7 Å². The van der Waals surface area contributed by atoms with E-state index in [9.17, 15) is 4.79 Å². The first-order chi connectivity index (χ1) is 11.3. The van der Waals surface area contributed by atoms with E-state index < -0.39 is 0 Å². The van der Waals surface area contributed by atoms with Gasteiger partial charge in [0.2, 0.25) is 5.91 Å². The van der Waals surface area contributed by atoms with Crippen LogP contribution in [0.5, 0.6) is 0 Å². The molecule has 0 unspecified atom stereocenters. The average molecular weight is 334 g/mol. The van der Waals surface area contributed by atoms with E-state index in [1.165, 1.54) is 19.4 Å². The van der Waals surface area contributed by atoms with Gasteiger partial charge in [-0.3, -0.25) is 9.78 Å². The van der Waals surface area contributed by atoms with Crippen LogP contribution in [0, 0.1) is 5.92 Å². The number of nitrogens with zero attached hydrogens (tertiary/aromatic N) is 2. The first-order valence-electron chi connectivity index (χ1n) is 8.80. The van der Waals surface area contributed by atoms with E-state index in [2.05, 4.69) is 15.2 Å². The summed E-state index contributed by atoms with van der Waals surface area (Å²) in [5.41, 5.74) is 1.09. The van der Waals surface area contributed by atoms with Crippen LogP contribution in [-0.2, 0) is 10.5 Å². The van der Waals surface area contributed by atoms with E-state index in [0.29, 0.717) is 18.4 Å². The van der Waals surface area contributed by atoms with Gasteiger partial charge in [-0.2, -0.15) is 11.8 Å². The molecule has 3 rings (SSSR count). The normalized spacial score (nSPS) is 19.0. The fourth-order valence-electron chi connectivity index (χ4n) is 2.97. The van der Waals surface area contributed by atoms with Crippen LogP contribution in [0.25, 0.3) is 0 Å². The minimum atomic E-state index is 0.319. The van der Waals surface area contributed by atoms with Crippen molar-refractivity contribution < 1.29 is 4.79 Å². The molecule has 2 aliphatic rings. The molecule has 1 aromatic rings. The van der Waals surface area contributed by atoms with Crippen molar-refractivity contribution in [2.24, 2.45) is 5.92 Å². The number of aromatic nitrogens is 1. The Balaban J connectivity index is 1.27. The van der Waals surface area contributed by atoms with Crippen LogP contribution in [0.15, 0.2) is 24.4 Å².